The number of hydrogen-bond acceptors (Lipinski definition) is 3. The van der Waals surface area contributed by atoms with Crippen LogP contribution in [0.1, 0.15) is 18.4 Å². The summed E-state index contributed by atoms with van der Waals surface area (Å²) in [4.78, 5) is 0. The zero-order chi connectivity index (χ0) is 13.4. The highest BCUT2D eigenvalue weighted by molar-refractivity contribution is 6.60. The number of aryl methyl sites for hydroxylation is 1. The molecule has 0 unspecified atom stereocenters. The maximum absolute atomic E-state index is 13.0. The van der Waals surface area contributed by atoms with E-state index in [2.05, 4.69) is 0 Å². The average Bonchev–Trinajstić information content (AvgIpc) is 2.40. The molecule has 0 aliphatic heterocycles. The van der Waals surface area contributed by atoms with Crippen molar-refractivity contribution in [1.29, 1.82) is 0 Å². The van der Waals surface area contributed by atoms with Crippen LogP contribution in [0, 0.1) is 5.82 Å². The van der Waals surface area contributed by atoms with E-state index in [0.717, 1.165) is 30.9 Å². The minimum absolute atomic E-state index is 0.179. The van der Waals surface area contributed by atoms with Gasteiger partial charge in [0, 0.05) is 27.4 Å². The zero-order valence-electron chi connectivity index (χ0n) is 11.2. The monoisotopic (exact) mass is 272 g/mol. The van der Waals surface area contributed by atoms with E-state index in [1.54, 1.807) is 33.5 Å². The molecule has 0 bridgehead atoms. The molecule has 1 aromatic rings. The van der Waals surface area contributed by atoms with Gasteiger partial charge in [-0.1, -0.05) is 12.1 Å². The van der Waals surface area contributed by atoms with Gasteiger partial charge in [0.1, 0.15) is 5.82 Å². The number of benzene rings is 1. The molecule has 0 radical (unpaired) electrons. The molecule has 0 aliphatic rings. The molecule has 0 aliphatic carbocycles. The molecule has 0 N–H and O–H groups in total. The molecule has 0 aromatic heterocycles. The van der Waals surface area contributed by atoms with Crippen molar-refractivity contribution in [1.82, 2.24) is 0 Å². The van der Waals surface area contributed by atoms with Gasteiger partial charge in [-0.15, -0.1) is 0 Å². The summed E-state index contributed by atoms with van der Waals surface area (Å²) in [6.07, 6.45) is 2.77. The van der Waals surface area contributed by atoms with Gasteiger partial charge in [0.05, 0.1) is 0 Å². The number of rotatable bonds is 8. The van der Waals surface area contributed by atoms with Crippen LogP contribution in [-0.4, -0.2) is 30.1 Å². The Morgan fingerprint density at radius 3 is 2.28 bits per heavy atom. The summed E-state index contributed by atoms with van der Waals surface area (Å²) in [6.45, 7) is 0. The van der Waals surface area contributed by atoms with E-state index >= 15 is 0 Å². The van der Waals surface area contributed by atoms with Gasteiger partial charge >= 0.3 is 8.80 Å². The highest BCUT2D eigenvalue weighted by Gasteiger charge is 2.36. The lowest BCUT2D eigenvalue weighted by atomic mass is 10.1. The molecule has 0 saturated carbocycles. The first-order valence-corrected chi connectivity index (χ1v) is 7.99. The van der Waals surface area contributed by atoms with Crippen molar-refractivity contribution in [3.8, 4) is 0 Å². The number of hydrogen-bond donors (Lipinski definition) is 0. The van der Waals surface area contributed by atoms with Gasteiger partial charge in [0.25, 0.3) is 0 Å². The molecule has 5 heteroatoms. The van der Waals surface area contributed by atoms with Crippen LogP contribution in [0.15, 0.2) is 24.3 Å². The second-order valence-corrected chi connectivity index (χ2v) is 7.22. The Labute approximate surface area is 109 Å². The van der Waals surface area contributed by atoms with Crippen LogP contribution in [0.5, 0.6) is 0 Å². The molecule has 0 heterocycles. The summed E-state index contributed by atoms with van der Waals surface area (Å²) in [5.74, 6) is -0.179. The van der Waals surface area contributed by atoms with Gasteiger partial charge in [-0.3, -0.25) is 0 Å². The van der Waals surface area contributed by atoms with E-state index in [1.165, 1.54) is 6.07 Å². The van der Waals surface area contributed by atoms with Crippen molar-refractivity contribution >= 4 is 8.80 Å². The zero-order valence-corrected chi connectivity index (χ0v) is 12.2. The average molecular weight is 272 g/mol. The molecular formula is C13H21FO3Si. The molecule has 18 heavy (non-hydrogen) atoms. The molecule has 0 atom stereocenters. The van der Waals surface area contributed by atoms with E-state index in [1.807, 2.05) is 6.07 Å². The van der Waals surface area contributed by atoms with Crippen molar-refractivity contribution in [3.63, 3.8) is 0 Å². The fourth-order valence-electron chi connectivity index (χ4n) is 1.92. The summed E-state index contributed by atoms with van der Waals surface area (Å²) in [7, 11) is 2.41. The maximum Gasteiger partial charge on any atom is 0.500 e. The van der Waals surface area contributed by atoms with Crippen molar-refractivity contribution in [2.24, 2.45) is 0 Å². The summed E-state index contributed by atoms with van der Waals surface area (Å²) >= 11 is 0. The van der Waals surface area contributed by atoms with E-state index in [9.17, 15) is 4.39 Å². The van der Waals surface area contributed by atoms with Gasteiger partial charge in [-0.05, 0) is 37.0 Å². The second kappa shape index (κ2) is 7.63. The molecule has 1 aromatic carbocycles. The second-order valence-electron chi connectivity index (χ2n) is 4.13. The molecule has 0 fully saturated rings. The molecule has 0 saturated heterocycles. The van der Waals surface area contributed by atoms with Crippen LogP contribution >= 0.6 is 0 Å². The Morgan fingerprint density at radius 2 is 1.72 bits per heavy atom. The van der Waals surface area contributed by atoms with Crippen molar-refractivity contribution in [2.45, 2.75) is 25.3 Å². The lowest BCUT2D eigenvalue weighted by Gasteiger charge is -2.24. The van der Waals surface area contributed by atoms with Crippen LogP contribution in [0.2, 0.25) is 6.04 Å². The molecular weight excluding hydrogens is 251 g/mol. The van der Waals surface area contributed by atoms with Crippen LogP contribution in [0.25, 0.3) is 0 Å². The Bertz CT molecular complexity index is 348. The van der Waals surface area contributed by atoms with Gasteiger partial charge in [-0.2, -0.15) is 0 Å². The molecule has 0 amide bonds. The van der Waals surface area contributed by atoms with Gasteiger partial charge in [0.2, 0.25) is 0 Å². The normalized spacial score (nSPS) is 11.8. The number of halogens is 1. The largest absolute Gasteiger partial charge is 0.500 e. The molecule has 1 rings (SSSR count). The third kappa shape index (κ3) is 4.49. The van der Waals surface area contributed by atoms with Crippen LogP contribution in [-0.2, 0) is 19.7 Å². The summed E-state index contributed by atoms with van der Waals surface area (Å²) in [6, 6.07) is 7.50. The van der Waals surface area contributed by atoms with Gasteiger partial charge in [-0.25, -0.2) is 4.39 Å². The van der Waals surface area contributed by atoms with Crippen molar-refractivity contribution in [3.05, 3.63) is 35.6 Å². The van der Waals surface area contributed by atoms with Crippen LogP contribution in [0.3, 0.4) is 0 Å². The predicted octanol–water partition coefficient (Wildman–Crippen LogP) is 3.03. The Kier molecular flexibility index (Phi) is 6.49. The van der Waals surface area contributed by atoms with Gasteiger partial charge in [0.15, 0.2) is 0 Å². The molecule has 102 valence electrons. The lowest BCUT2D eigenvalue weighted by Crippen LogP contribution is -2.42. The standard InChI is InChI=1S/C13H21FO3Si/c1-15-18(16-2,17-3)10-5-4-7-12-8-6-9-13(14)11-12/h6,8-9,11H,4-5,7,10H2,1-3H3. The Hall–Kier alpha value is -0.753. The Balaban J connectivity index is 2.34. The number of unbranched alkanes of at least 4 members (excludes halogenated alkanes) is 1. The minimum Gasteiger partial charge on any atom is -0.377 e. The SMILES string of the molecule is CO[Si](CCCCc1cccc(F)c1)(OC)OC. The predicted molar refractivity (Wildman–Crippen MR) is 70.9 cm³/mol. The summed E-state index contributed by atoms with van der Waals surface area (Å²) < 4.78 is 29.0. The smallest absolute Gasteiger partial charge is 0.377 e. The molecule has 3 nitrogen and oxygen atoms in total. The summed E-state index contributed by atoms with van der Waals surface area (Å²) in [5.41, 5.74) is 1.02. The van der Waals surface area contributed by atoms with E-state index in [4.69, 9.17) is 13.3 Å². The van der Waals surface area contributed by atoms with Crippen molar-refractivity contribution < 1.29 is 17.7 Å². The minimum atomic E-state index is -2.44. The third-order valence-electron chi connectivity index (χ3n) is 3.02. The quantitative estimate of drug-likeness (QED) is 0.538. The van der Waals surface area contributed by atoms with Gasteiger partial charge < -0.3 is 13.3 Å². The first-order valence-electron chi connectivity index (χ1n) is 6.05. The van der Waals surface area contributed by atoms with Crippen molar-refractivity contribution in [2.75, 3.05) is 21.3 Å². The van der Waals surface area contributed by atoms with E-state index < -0.39 is 8.80 Å². The van der Waals surface area contributed by atoms with Crippen LogP contribution in [0.4, 0.5) is 4.39 Å². The first kappa shape index (κ1) is 15.3. The molecule has 0 spiro atoms. The topological polar surface area (TPSA) is 27.7 Å². The first-order chi connectivity index (χ1) is 8.65. The summed E-state index contributed by atoms with van der Waals surface area (Å²) in [5, 5.41) is 0. The maximum atomic E-state index is 13.0. The fourth-order valence-corrected chi connectivity index (χ4v) is 3.71. The highest BCUT2D eigenvalue weighted by atomic mass is 28.4. The lowest BCUT2D eigenvalue weighted by molar-refractivity contribution is 0.123. The van der Waals surface area contributed by atoms with E-state index in [-0.39, 0.29) is 5.82 Å². The Morgan fingerprint density at radius 1 is 1.06 bits per heavy atom. The highest BCUT2D eigenvalue weighted by Crippen LogP contribution is 2.17. The fraction of sp³-hybridized carbons (Fsp3) is 0.538. The van der Waals surface area contributed by atoms with Crippen LogP contribution < -0.4 is 0 Å². The van der Waals surface area contributed by atoms with E-state index in [0.29, 0.717) is 0 Å². The third-order valence-corrected chi connectivity index (χ3v) is 5.85.